The summed E-state index contributed by atoms with van der Waals surface area (Å²) in [5, 5.41) is 2.94. The van der Waals surface area contributed by atoms with Gasteiger partial charge < -0.3 is 10.1 Å². The minimum absolute atomic E-state index is 0.135. The number of amides is 1. The smallest absolute Gasteiger partial charge is 0.336 e. The number of fused-ring (bicyclic) bond motifs is 4. The van der Waals surface area contributed by atoms with Crippen LogP contribution in [0.15, 0.2) is 35.9 Å². The Kier molecular flexibility index (Phi) is 2.87. The highest BCUT2D eigenvalue weighted by Crippen LogP contribution is 2.52. The van der Waals surface area contributed by atoms with Crippen LogP contribution in [0.25, 0.3) is 0 Å². The van der Waals surface area contributed by atoms with Gasteiger partial charge in [0.25, 0.3) is 5.91 Å². The van der Waals surface area contributed by atoms with Crippen LogP contribution in [0.4, 0.5) is 5.69 Å². The van der Waals surface area contributed by atoms with Crippen LogP contribution in [0.1, 0.15) is 25.3 Å². The molecule has 0 bridgehead atoms. The third kappa shape index (κ3) is 1.52. The van der Waals surface area contributed by atoms with E-state index in [0.29, 0.717) is 12.2 Å². The zero-order chi connectivity index (χ0) is 15.3. The zero-order valence-corrected chi connectivity index (χ0v) is 12.5. The van der Waals surface area contributed by atoms with E-state index in [1.807, 2.05) is 30.3 Å². The highest BCUT2D eigenvalue weighted by Gasteiger charge is 2.61. The predicted molar refractivity (Wildman–Crippen MR) is 81.2 cm³/mol. The van der Waals surface area contributed by atoms with Gasteiger partial charge in [-0.2, -0.15) is 0 Å². The van der Waals surface area contributed by atoms with Gasteiger partial charge in [0.2, 0.25) is 0 Å². The Balaban J connectivity index is 1.92. The fourth-order valence-corrected chi connectivity index (χ4v) is 4.07. The summed E-state index contributed by atoms with van der Waals surface area (Å²) >= 11 is 0. The normalized spacial score (nSPS) is 29.2. The summed E-state index contributed by atoms with van der Waals surface area (Å²) in [5.74, 6) is -0.527. The average molecular weight is 298 g/mol. The van der Waals surface area contributed by atoms with Crippen molar-refractivity contribution in [3.05, 3.63) is 41.5 Å². The van der Waals surface area contributed by atoms with E-state index < -0.39 is 5.54 Å². The molecule has 0 radical (unpaired) electrons. The van der Waals surface area contributed by atoms with Crippen LogP contribution in [-0.4, -0.2) is 36.0 Å². The quantitative estimate of drug-likeness (QED) is 0.846. The second kappa shape index (κ2) is 4.68. The lowest BCUT2D eigenvalue weighted by Gasteiger charge is -2.35. The number of esters is 1. The third-order valence-corrected chi connectivity index (χ3v) is 4.87. The maximum absolute atomic E-state index is 12.9. The van der Waals surface area contributed by atoms with Crippen molar-refractivity contribution in [1.29, 1.82) is 0 Å². The standard InChI is InChI=1S/C17H18N2O3/c1-2-22-15(20)13-10-11-6-5-9-19(11)17(13)12-7-3-4-8-14(12)18-16(17)21/h3-4,7-8,10-11H,2,5-6,9H2,1H3,(H,18,21)/t11?,17-/m0/s1. The third-order valence-electron chi connectivity index (χ3n) is 4.87. The monoisotopic (exact) mass is 298 g/mol. The number of carbonyl (C=O) groups excluding carboxylic acids is 2. The van der Waals surface area contributed by atoms with E-state index in [1.54, 1.807) is 6.92 Å². The van der Waals surface area contributed by atoms with Gasteiger partial charge in [-0.15, -0.1) is 0 Å². The number of anilines is 1. The van der Waals surface area contributed by atoms with E-state index in [0.717, 1.165) is 30.6 Å². The number of hydrogen-bond acceptors (Lipinski definition) is 4. The van der Waals surface area contributed by atoms with Crippen molar-refractivity contribution in [3.63, 3.8) is 0 Å². The lowest BCUT2D eigenvalue weighted by atomic mass is 9.84. The van der Waals surface area contributed by atoms with Crippen LogP contribution in [0.2, 0.25) is 0 Å². The molecule has 4 rings (SSSR count). The first-order chi connectivity index (χ1) is 10.7. The van der Waals surface area contributed by atoms with Crippen molar-refractivity contribution >= 4 is 17.6 Å². The summed E-state index contributed by atoms with van der Waals surface area (Å²) in [7, 11) is 0. The van der Waals surface area contributed by atoms with Crippen molar-refractivity contribution in [2.45, 2.75) is 31.3 Å². The molecule has 1 amide bonds. The molecule has 2 atom stereocenters. The lowest BCUT2D eigenvalue weighted by Crippen LogP contribution is -2.51. The molecule has 3 heterocycles. The van der Waals surface area contributed by atoms with Gasteiger partial charge in [-0.25, -0.2) is 4.79 Å². The Morgan fingerprint density at radius 2 is 2.27 bits per heavy atom. The first-order valence-electron chi connectivity index (χ1n) is 7.76. The second-order valence-electron chi connectivity index (χ2n) is 5.91. The first-order valence-corrected chi connectivity index (χ1v) is 7.76. The molecule has 5 heteroatoms. The second-order valence-corrected chi connectivity index (χ2v) is 5.91. The number of benzene rings is 1. The Labute approximate surface area is 128 Å². The molecule has 3 aliphatic rings. The van der Waals surface area contributed by atoms with Crippen LogP contribution in [0, 0.1) is 0 Å². The van der Waals surface area contributed by atoms with Crippen molar-refractivity contribution < 1.29 is 14.3 Å². The van der Waals surface area contributed by atoms with Gasteiger partial charge in [0.1, 0.15) is 0 Å². The van der Waals surface area contributed by atoms with E-state index in [-0.39, 0.29) is 17.9 Å². The van der Waals surface area contributed by atoms with Crippen LogP contribution < -0.4 is 5.32 Å². The van der Waals surface area contributed by atoms with Gasteiger partial charge in [-0.05, 0) is 25.8 Å². The van der Waals surface area contributed by atoms with E-state index in [2.05, 4.69) is 10.2 Å². The van der Waals surface area contributed by atoms with Gasteiger partial charge in [0.05, 0.1) is 12.2 Å². The molecule has 1 aromatic carbocycles. The molecule has 3 aliphatic heterocycles. The van der Waals surface area contributed by atoms with Gasteiger partial charge in [-0.1, -0.05) is 24.3 Å². The van der Waals surface area contributed by atoms with E-state index in [9.17, 15) is 9.59 Å². The van der Waals surface area contributed by atoms with Crippen LogP contribution in [0.5, 0.6) is 0 Å². The van der Waals surface area contributed by atoms with E-state index in [1.165, 1.54) is 0 Å². The fourth-order valence-electron chi connectivity index (χ4n) is 4.07. The zero-order valence-electron chi connectivity index (χ0n) is 12.5. The molecule has 1 spiro atoms. The van der Waals surface area contributed by atoms with Gasteiger partial charge in [0.15, 0.2) is 5.54 Å². The number of hydrogen-bond donors (Lipinski definition) is 1. The molecule has 1 fully saturated rings. The topological polar surface area (TPSA) is 58.6 Å². The SMILES string of the molecule is CCOC(=O)C1=CC2CCCN2[C@]12C(=O)Nc1ccccc12. The van der Waals surface area contributed by atoms with Gasteiger partial charge in [0, 0.05) is 23.8 Å². The Hall–Kier alpha value is -2.14. The summed E-state index contributed by atoms with van der Waals surface area (Å²) in [6, 6.07) is 7.75. The van der Waals surface area contributed by atoms with E-state index >= 15 is 0 Å². The maximum Gasteiger partial charge on any atom is 0.336 e. The molecule has 5 nitrogen and oxygen atoms in total. The van der Waals surface area contributed by atoms with Crippen molar-refractivity contribution in [2.75, 3.05) is 18.5 Å². The molecule has 1 N–H and O–H groups in total. The summed E-state index contributed by atoms with van der Waals surface area (Å²) in [6.07, 6.45) is 3.95. The van der Waals surface area contributed by atoms with Crippen LogP contribution in [0.3, 0.4) is 0 Å². The average Bonchev–Trinajstić information content (AvgIpc) is 3.15. The lowest BCUT2D eigenvalue weighted by molar-refractivity contribution is -0.142. The van der Waals surface area contributed by atoms with E-state index in [4.69, 9.17) is 4.74 Å². The molecular formula is C17H18N2O3. The van der Waals surface area contributed by atoms with Crippen LogP contribution in [-0.2, 0) is 19.9 Å². The number of nitrogens with zero attached hydrogens (tertiary/aromatic N) is 1. The Bertz CT molecular complexity index is 697. The molecule has 1 saturated heterocycles. The molecule has 0 saturated carbocycles. The number of carbonyl (C=O) groups is 2. The summed E-state index contributed by atoms with van der Waals surface area (Å²) in [4.78, 5) is 27.6. The molecule has 114 valence electrons. The molecular weight excluding hydrogens is 280 g/mol. The molecule has 1 unspecified atom stereocenters. The van der Waals surface area contributed by atoms with Gasteiger partial charge in [-0.3, -0.25) is 9.69 Å². The van der Waals surface area contributed by atoms with Gasteiger partial charge >= 0.3 is 5.97 Å². The molecule has 0 aromatic heterocycles. The highest BCUT2D eigenvalue weighted by atomic mass is 16.5. The van der Waals surface area contributed by atoms with Crippen molar-refractivity contribution in [3.8, 4) is 0 Å². The summed E-state index contributed by atoms with van der Waals surface area (Å²) in [6.45, 7) is 2.90. The first kappa shape index (κ1) is 13.5. The molecule has 0 aliphatic carbocycles. The molecule has 22 heavy (non-hydrogen) atoms. The Morgan fingerprint density at radius 3 is 3.09 bits per heavy atom. The molecule has 1 aromatic rings. The summed E-state index contributed by atoms with van der Waals surface area (Å²) < 4.78 is 5.23. The minimum Gasteiger partial charge on any atom is -0.463 e. The van der Waals surface area contributed by atoms with Crippen LogP contribution >= 0.6 is 0 Å². The number of ether oxygens (including phenoxy) is 1. The predicted octanol–water partition coefficient (Wildman–Crippen LogP) is 1.80. The largest absolute Gasteiger partial charge is 0.463 e. The van der Waals surface area contributed by atoms with Crippen molar-refractivity contribution in [1.82, 2.24) is 4.90 Å². The highest BCUT2D eigenvalue weighted by molar-refractivity contribution is 6.14. The number of para-hydroxylation sites is 1. The summed E-state index contributed by atoms with van der Waals surface area (Å²) in [5.41, 5.74) is 1.12. The minimum atomic E-state index is -1.01. The fraction of sp³-hybridized carbons (Fsp3) is 0.412. The number of rotatable bonds is 2. The van der Waals surface area contributed by atoms with Crippen molar-refractivity contribution in [2.24, 2.45) is 0 Å². The Morgan fingerprint density at radius 1 is 1.45 bits per heavy atom. The number of nitrogens with one attached hydrogen (secondary N) is 1. The maximum atomic E-state index is 12.9.